The van der Waals surface area contributed by atoms with E-state index in [9.17, 15) is 4.79 Å². The smallest absolute Gasteiger partial charge is 0.267 e. The molecule has 0 unspecified atom stereocenters. The van der Waals surface area contributed by atoms with Gasteiger partial charge in [-0.25, -0.2) is 4.98 Å². The Labute approximate surface area is 78.5 Å². The second kappa shape index (κ2) is 3.82. The summed E-state index contributed by atoms with van der Waals surface area (Å²) in [5.74, 6) is 0. The molecule has 0 saturated heterocycles. The van der Waals surface area contributed by atoms with Crippen molar-refractivity contribution in [2.75, 3.05) is 6.54 Å². The normalized spacial score (nSPS) is 10.2. The lowest BCUT2D eigenvalue weighted by Gasteiger charge is -2.03. The van der Waals surface area contributed by atoms with Gasteiger partial charge in [-0.15, -0.1) is 0 Å². The maximum Gasteiger partial charge on any atom is 0.267 e. The van der Waals surface area contributed by atoms with Crippen LogP contribution in [0.25, 0.3) is 0 Å². The quantitative estimate of drug-likeness (QED) is 0.796. The van der Waals surface area contributed by atoms with Crippen molar-refractivity contribution in [1.29, 1.82) is 0 Å². The molecule has 0 saturated carbocycles. The minimum Gasteiger partial charge on any atom is -0.329 e. The fraction of sp³-hybridized carbons (Fsp3) is 0.429. The van der Waals surface area contributed by atoms with Crippen molar-refractivity contribution in [3.05, 3.63) is 26.8 Å². The van der Waals surface area contributed by atoms with E-state index in [0.717, 1.165) is 0 Å². The number of rotatable bonds is 2. The van der Waals surface area contributed by atoms with E-state index in [4.69, 9.17) is 5.73 Å². The molecule has 0 bridgehead atoms. The molecular weight excluding hydrogens is 222 g/mol. The molecule has 1 heterocycles. The van der Waals surface area contributed by atoms with Gasteiger partial charge in [0.25, 0.3) is 5.56 Å². The number of aromatic nitrogens is 2. The van der Waals surface area contributed by atoms with E-state index in [1.54, 1.807) is 6.92 Å². The summed E-state index contributed by atoms with van der Waals surface area (Å²) < 4.78 is 2.00. The zero-order valence-electron chi connectivity index (χ0n) is 6.75. The number of nitrogens with zero attached hydrogens (tertiary/aromatic N) is 2. The largest absolute Gasteiger partial charge is 0.329 e. The van der Waals surface area contributed by atoms with E-state index >= 15 is 0 Å². The molecule has 1 aromatic heterocycles. The molecule has 0 spiro atoms. The Morgan fingerprint density at radius 3 is 3.00 bits per heavy atom. The predicted molar refractivity (Wildman–Crippen MR) is 50.0 cm³/mol. The molecule has 0 radical (unpaired) electrons. The molecule has 0 fully saturated rings. The monoisotopic (exact) mass is 231 g/mol. The fourth-order valence-electron chi connectivity index (χ4n) is 0.845. The van der Waals surface area contributed by atoms with E-state index < -0.39 is 0 Å². The Balaban J connectivity index is 3.18. The Morgan fingerprint density at radius 1 is 1.75 bits per heavy atom. The molecule has 0 atom stereocenters. The third-order valence-electron chi connectivity index (χ3n) is 1.53. The molecule has 5 heteroatoms. The van der Waals surface area contributed by atoms with Crippen LogP contribution < -0.4 is 11.3 Å². The highest BCUT2D eigenvalue weighted by Gasteiger charge is 2.03. The summed E-state index contributed by atoms with van der Waals surface area (Å²) in [6, 6.07) is 0. The summed E-state index contributed by atoms with van der Waals surface area (Å²) in [7, 11) is 0. The van der Waals surface area contributed by atoms with Crippen molar-refractivity contribution in [3.8, 4) is 0 Å². The summed E-state index contributed by atoms with van der Waals surface area (Å²) in [5, 5.41) is 0. The molecule has 0 aromatic carbocycles. The van der Waals surface area contributed by atoms with Crippen LogP contribution in [-0.4, -0.2) is 16.1 Å². The minimum absolute atomic E-state index is 0.0760. The number of hydrogen-bond donors (Lipinski definition) is 1. The lowest BCUT2D eigenvalue weighted by molar-refractivity contribution is 0.658. The van der Waals surface area contributed by atoms with Crippen LogP contribution in [0.4, 0.5) is 0 Å². The van der Waals surface area contributed by atoms with Crippen molar-refractivity contribution < 1.29 is 0 Å². The second-order valence-electron chi connectivity index (χ2n) is 2.43. The van der Waals surface area contributed by atoms with E-state index in [2.05, 4.69) is 20.9 Å². The SMILES string of the molecule is Cc1ncn(CCN)c(=O)c1Br. The Hall–Kier alpha value is -0.680. The van der Waals surface area contributed by atoms with Crippen LogP contribution in [-0.2, 0) is 6.54 Å². The molecule has 66 valence electrons. The lowest BCUT2D eigenvalue weighted by Crippen LogP contribution is -2.25. The van der Waals surface area contributed by atoms with Gasteiger partial charge in [0, 0.05) is 13.1 Å². The van der Waals surface area contributed by atoms with Crippen LogP contribution in [0, 0.1) is 6.92 Å². The number of halogens is 1. The molecule has 12 heavy (non-hydrogen) atoms. The van der Waals surface area contributed by atoms with Gasteiger partial charge in [-0.3, -0.25) is 9.36 Å². The third kappa shape index (κ3) is 1.73. The second-order valence-corrected chi connectivity index (χ2v) is 3.22. The van der Waals surface area contributed by atoms with Crippen LogP contribution in [0.15, 0.2) is 15.6 Å². The van der Waals surface area contributed by atoms with Gasteiger partial charge >= 0.3 is 0 Å². The Kier molecular flexibility index (Phi) is 2.99. The first kappa shape index (κ1) is 9.41. The van der Waals surface area contributed by atoms with E-state index in [-0.39, 0.29) is 5.56 Å². The van der Waals surface area contributed by atoms with Gasteiger partial charge in [0.2, 0.25) is 0 Å². The van der Waals surface area contributed by atoms with Crippen LogP contribution in [0.1, 0.15) is 5.69 Å². The molecule has 0 aliphatic carbocycles. The zero-order valence-corrected chi connectivity index (χ0v) is 8.34. The van der Waals surface area contributed by atoms with E-state index in [1.165, 1.54) is 10.9 Å². The summed E-state index contributed by atoms with van der Waals surface area (Å²) in [5.41, 5.74) is 5.94. The fourth-order valence-corrected chi connectivity index (χ4v) is 1.17. The molecule has 4 nitrogen and oxygen atoms in total. The van der Waals surface area contributed by atoms with Crippen molar-refractivity contribution in [2.45, 2.75) is 13.5 Å². The topological polar surface area (TPSA) is 60.9 Å². The van der Waals surface area contributed by atoms with Gasteiger partial charge in [0.1, 0.15) is 4.47 Å². The van der Waals surface area contributed by atoms with E-state index in [0.29, 0.717) is 23.3 Å². The number of aryl methyl sites for hydroxylation is 1. The molecule has 0 amide bonds. The first-order valence-corrected chi connectivity index (χ1v) is 4.37. The first-order chi connectivity index (χ1) is 5.66. The van der Waals surface area contributed by atoms with Crippen molar-refractivity contribution in [3.63, 3.8) is 0 Å². The number of hydrogen-bond acceptors (Lipinski definition) is 3. The van der Waals surface area contributed by atoms with Gasteiger partial charge in [0.05, 0.1) is 12.0 Å². The van der Waals surface area contributed by atoms with Crippen molar-refractivity contribution in [2.24, 2.45) is 5.73 Å². The van der Waals surface area contributed by atoms with Crippen LogP contribution >= 0.6 is 15.9 Å². The average Bonchev–Trinajstić information content (AvgIpc) is 2.07. The zero-order chi connectivity index (χ0) is 9.14. The van der Waals surface area contributed by atoms with Crippen LogP contribution in [0.3, 0.4) is 0 Å². The van der Waals surface area contributed by atoms with E-state index in [1.807, 2.05) is 0 Å². The maximum atomic E-state index is 11.4. The first-order valence-electron chi connectivity index (χ1n) is 3.58. The Morgan fingerprint density at radius 2 is 2.42 bits per heavy atom. The Bertz CT molecular complexity index is 334. The third-order valence-corrected chi connectivity index (χ3v) is 2.44. The average molecular weight is 232 g/mol. The molecule has 0 aliphatic rings. The van der Waals surface area contributed by atoms with Crippen molar-refractivity contribution in [1.82, 2.24) is 9.55 Å². The summed E-state index contributed by atoms with van der Waals surface area (Å²) >= 11 is 3.16. The minimum atomic E-state index is -0.0760. The van der Waals surface area contributed by atoms with Gasteiger partial charge in [-0.05, 0) is 22.9 Å². The van der Waals surface area contributed by atoms with Gasteiger partial charge in [-0.1, -0.05) is 0 Å². The lowest BCUT2D eigenvalue weighted by atomic mass is 10.4. The van der Waals surface area contributed by atoms with Gasteiger partial charge < -0.3 is 5.73 Å². The standard InChI is InChI=1S/C7H10BrN3O/c1-5-6(8)7(12)11(3-2-9)4-10-5/h4H,2-3,9H2,1H3. The van der Waals surface area contributed by atoms with Gasteiger partial charge in [0.15, 0.2) is 0 Å². The molecule has 1 rings (SSSR count). The molecule has 1 aromatic rings. The molecular formula is C7H10BrN3O. The molecule has 2 N–H and O–H groups in total. The summed E-state index contributed by atoms with van der Waals surface area (Å²) in [4.78, 5) is 15.4. The van der Waals surface area contributed by atoms with Crippen molar-refractivity contribution >= 4 is 15.9 Å². The maximum absolute atomic E-state index is 11.4. The predicted octanol–water partition coefficient (Wildman–Crippen LogP) is 0.273. The van der Waals surface area contributed by atoms with Gasteiger partial charge in [-0.2, -0.15) is 0 Å². The summed E-state index contributed by atoms with van der Waals surface area (Å²) in [6.07, 6.45) is 1.51. The highest BCUT2D eigenvalue weighted by molar-refractivity contribution is 9.10. The number of nitrogens with two attached hydrogens (primary N) is 1. The van der Waals surface area contributed by atoms with Crippen LogP contribution in [0.2, 0.25) is 0 Å². The summed E-state index contributed by atoms with van der Waals surface area (Å²) in [6.45, 7) is 2.72. The highest BCUT2D eigenvalue weighted by atomic mass is 79.9. The highest BCUT2D eigenvalue weighted by Crippen LogP contribution is 2.05. The van der Waals surface area contributed by atoms with Crippen LogP contribution in [0.5, 0.6) is 0 Å². The molecule has 0 aliphatic heterocycles.